The summed E-state index contributed by atoms with van der Waals surface area (Å²) < 4.78 is 11.3. The molecule has 1 aromatic rings. The normalized spacial score (nSPS) is 17.7. The molecule has 154 valence electrons. The Morgan fingerprint density at radius 1 is 1.07 bits per heavy atom. The van der Waals surface area contributed by atoms with E-state index in [1.54, 1.807) is 0 Å². The Morgan fingerprint density at radius 3 is 2.22 bits per heavy atom. The summed E-state index contributed by atoms with van der Waals surface area (Å²) in [6, 6.07) is 9.41. The number of hydrogen-bond acceptors (Lipinski definition) is 2. The fourth-order valence-electron chi connectivity index (χ4n) is 3.98. The fourth-order valence-corrected chi connectivity index (χ4v) is 3.98. The van der Waals surface area contributed by atoms with Crippen LogP contribution in [0.15, 0.2) is 24.3 Å². The average Bonchev–Trinajstić information content (AvgIpc) is 2.57. The number of rotatable bonds is 11. The first kappa shape index (κ1) is 22.4. The predicted molar refractivity (Wildman–Crippen MR) is 115 cm³/mol. The van der Waals surface area contributed by atoms with Gasteiger partial charge in [-0.3, -0.25) is 0 Å². The molecule has 1 atom stereocenters. The molecule has 1 unspecified atom stereocenters. The third-order valence-corrected chi connectivity index (χ3v) is 6.11. The summed E-state index contributed by atoms with van der Waals surface area (Å²) in [5, 5.41) is 0. The zero-order valence-corrected chi connectivity index (χ0v) is 18.6. The standard InChI is InChI=1S/C25H42O2/c1-7-25(18-27-19-25)17-26-15-9-8-10-21-11-13-22(14-12-21)23(16-20(2)3)24(4,5)6/h11-14,20,23H,7-10,15-19H2,1-6H3. The number of ether oxygens (including phenoxy) is 2. The van der Waals surface area contributed by atoms with Crippen LogP contribution < -0.4 is 0 Å². The highest BCUT2D eigenvalue weighted by Gasteiger charge is 2.36. The molecule has 2 heteroatoms. The summed E-state index contributed by atoms with van der Waals surface area (Å²) in [6.45, 7) is 17.5. The van der Waals surface area contributed by atoms with Gasteiger partial charge in [0.15, 0.2) is 0 Å². The molecule has 0 aliphatic carbocycles. The van der Waals surface area contributed by atoms with Gasteiger partial charge in [0.2, 0.25) is 0 Å². The van der Waals surface area contributed by atoms with Gasteiger partial charge < -0.3 is 9.47 Å². The lowest BCUT2D eigenvalue weighted by molar-refractivity contribution is -0.150. The summed E-state index contributed by atoms with van der Waals surface area (Å²) in [5.74, 6) is 1.36. The second-order valence-corrected chi connectivity index (χ2v) is 10.1. The maximum atomic E-state index is 5.91. The molecule has 0 bridgehead atoms. The van der Waals surface area contributed by atoms with Gasteiger partial charge in [-0.25, -0.2) is 0 Å². The Hall–Kier alpha value is -0.860. The van der Waals surface area contributed by atoms with E-state index in [0.29, 0.717) is 16.7 Å². The van der Waals surface area contributed by atoms with Gasteiger partial charge in [0.1, 0.15) is 0 Å². The molecule has 1 heterocycles. The van der Waals surface area contributed by atoms with E-state index in [1.807, 2.05) is 0 Å². The molecule has 0 N–H and O–H groups in total. The summed E-state index contributed by atoms with van der Waals surface area (Å²) in [7, 11) is 0. The first-order chi connectivity index (χ1) is 12.8. The third kappa shape index (κ3) is 6.91. The minimum absolute atomic E-state index is 0.310. The van der Waals surface area contributed by atoms with Gasteiger partial charge in [0, 0.05) is 12.0 Å². The van der Waals surface area contributed by atoms with E-state index in [1.165, 1.54) is 24.0 Å². The van der Waals surface area contributed by atoms with Gasteiger partial charge in [-0.1, -0.05) is 65.8 Å². The number of hydrogen-bond donors (Lipinski definition) is 0. The topological polar surface area (TPSA) is 18.5 Å². The van der Waals surface area contributed by atoms with Gasteiger partial charge in [0.05, 0.1) is 19.8 Å². The van der Waals surface area contributed by atoms with Gasteiger partial charge in [0.25, 0.3) is 0 Å². The van der Waals surface area contributed by atoms with Crippen LogP contribution in [0.25, 0.3) is 0 Å². The maximum absolute atomic E-state index is 5.91. The molecule has 27 heavy (non-hydrogen) atoms. The maximum Gasteiger partial charge on any atom is 0.0566 e. The summed E-state index contributed by atoms with van der Waals surface area (Å²) in [5.41, 5.74) is 3.57. The molecule has 2 nitrogen and oxygen atoms in total. The van der Waals surface area contributed by atoms with Crippen LogP contribution >= 0.6 is 0 Å². The van der Waals surface area contributed by atoms with Crippen molar-refractivity contribution in [2.75, 3.05) is 26.4 Å². The van der Waals surface area contributed by atoms with Crippen LogP contribution in [0.2, 0.25) is 0 Å². The third-order valence-electron chi connectivity index (χ3n) is 6.11. The van der Waals surface area contributed by atoms with E-state index in [9.17, 15) is 0 Å². The first-order valence-electron chi connectivity index (χ1n) is 11.0. The van der Waals surface area contributed by atoms with Crippen LogP contribution in [0.5, 0.6) is 0 Å². The van der Waals surface area contributed by atoms with Crippen LogP contribution in [0.3, 0.4) is 0 Å². The highest BCUT2D eigenvalue weighted by atomic mass is 16.5. The van der Waals surface area contributed by atoms with Crippen molar-refractivity contribution >= 4 is 0 Å². The van der Waals surface area contributed by atoms with Crippen molar-refractivity contribution in [3.63, 3.8) is 0 Å². The zero-order valence-electron chi connectivity index (χ0n) is 18.6. The summed E-state index contributed by atoms with van der Waals surface area (Å²) in [6.07, 6.45) is 5.90. The molecule has 1 aliphatic rings. The minimum atomic E-state index is 0.310. The first-order valence-corrected chi connectivity index (χ1v) is 11.0. The van der Waals surface area contributed by atoms with Gasteiger partial charge >= 0.3 is 0 Å². The lowest BCUT2D eigenvalue weighted by Gasteiger charge is -2.40. The summed E-state index contributed by atoms with van der Waals surface area (Å²) in [4.78, 5) is 0. The van der Waals surface area contributed by atoms with Crippen molar-refractivity contribution in [2.45, 2.75) is 79.6 Å². The van der Waals surface area contributed by atoms with Crippen LogP contribution in [-0.4, -0.2) is 26.4 Å². The highest BCUT2D eigenvalue weighted by molar-refractivity contribution is 5.27. The Kier molecular flexibility index (Phi) is 8.37. The van der Waals surface area contributed by atoms with E-state index < -0.39 is 0 Å². The second kappa shape index (κ2) is 10.1. The molecule has 1 aliphatic heterocycles. The fraction of sp³-hybridized carbons (Fsp3) is 0.760. The number of aryl methyl sites for hydroxylation is 1. The van der Waals surface area contributed by atoms with Gasteiger partial charge in [-0.2, -0.15) is 0 Å². The number of unbranched alkanes of at least 4 members (excludes halogenated alkanes) is 1. The van der Waals surface area contributed by atoms with Crippen molar-refractivity contribution in [2.24, 2.45) is 16.7 Å². The lowest BCUT2D eigenvalue weighted by atomic mass is 9.72. The molecular weight excluding hydrogens is 332 g/mol. The SMILES string of the molecule is CCC1(COCCCCc2ccc(C(CC(C)C)C(C)(C)C)cc2)COC1. The Balaban J connectivity index is 1.73. The molecule has 0 aromatic heterocycles. The van der Waals surface area contributed by atoms with Crippen molar-refractivity contribution in [3.8, 4) is 0 Å². The molecule has 0 saturated carbocycles. The second-order valence-electron chi connectivity index (χ2n) is 10.1. The highest BCUT2D eigenvalue weighted by Crippen LogP contribution is 2.39. The van der Waals surface area contributed by atoms with Crippen molar-refractivity contribution < 1.29 is 9.47 Å². The Labute approximate surface area is 168 Å². The van der Waals surface area contributed by atoms with E-state index in [-0.39, 0.29) is 0 Å². The largest absolute Gasteiger partial charge is 0.381 e. The Morgan fingerprint density at radius 2 is 1.74 bits per heavy atom. The smallest absolute Gasteiger partial charge is 0.0566 e. The molecule has 1 saturated heterocycles. The minimum Gasteiger partial charge on any atom is -0.381 e. The molecule has 0 radical (unpaired) electrons. The van der Waals surface area contributed by atoms with Crippen LogP contribution in [0, 0.1) is 16.7 Å². The molecular formula is C25H42O2. The average molecular weight is 375 g/mol. The van der Waals surface area contributed by atoms with Crippen LogP contribution in [-0.2, 0) is 15.9 Å². The summed E-state index contributed by atoms with van der Waals surface area (Å²) >= 11 is 0. The van der Waals surface area contributed by atoms with E-state index in [2.05, 4.69) is 65.8 Å². The molecule has 1 aromatic carbocycles. The molecule has 1 fully saturated rings. The lowest BCUT2D eigenvalue weighted by Crippen LogP contribution is -2.45. The van der Waals surface area contributed by atoms with Crippen molar-refractivity contribution in [1.82, 2.24) is 0 Å². The van der Waals surface area contributed by atoms with Gasteiger partial charge in [-0.05, 0) is 60.5 Å². The Bertz CT molecular complexity index is 529. The van der Waals surface area contributed by atoms with Crippen molar-refractivity contribution in [1.29, 1.82) is 0 Å². The molecule has 0 spiro atoms. The van der Waals surface area contributed by atoms with Crippen LogP contribution in [0.1, 0.15) is 84.3 Å². The van der Waals surface area contributed by atoms with E-state index in [0.717, 1.165) is 51.6 Å². The van der Waals surface area contributed by atoms with Crippen molar-refractivity contribution in [3.05, 3.63) is 35.4 Å². The van der Waals surface area contributed by atoms with Crippen LogP contribution in [0.4, 0.5) is 0 Å². The van der Waals surface area contributed by atoms with E-state index in [4.69, 9.17) is 9.47 Å². The van der Waals surface area contributed by atoms with Gasteiger partial charge in [-0.15, -0.1) is 0 Å². The zero-order chi connectivity index (χ0) is 19.9. The monoisotopic (exact) mass is 374 g/mol. The molecule has 2 rings (SSSR count). The molecule has 0 amide bonds. The predicted octanol–water partition coefficient (Wildman–Crippen LogP) is 6.63. The van der Waals surface area contributed by atoms with E-state index >= 15 is 0 Å². The quantitative estimate of drug-likeness (QED) is 0.405. The number of benzene rings is 1.